The molecule has 0 aliphatic rings. The predicted octanol–water partition coefficient (Wildman–Crippen LogP) is 2.20. The standard InChI is InChI=1S/C19H21N5O3S/c1-27-13-12-23-19(26)24(22-21-23)16-9-7-15(8-10-16)20-18(25)11-14-28-17-5-3-2-4-6-17/h2-10H,11-14H2,1H3,(H,20,25). The van der Waals surface area contributed by atoms with E-state index in [1.165, 1.54) is 9.36 Å². The number of thioether (sulfide) groups is 1. The molecule has 1 N–H and O–H groups in total. The number of amides is 1. The SMILES string of the molecule is COCCn1nnn(-c2ccc(NC(=O)CCSc3ccccc3)cc2)c1=O. The fourth-order valence-electron chi connectivity index (χ4n) is 2.44. The summed E-state index contributed by atoms with van der Waals surface area (Å²) in [5.74, 6) is 0.646. The van der Waals surface area contributed by atoms with Crippen LogP contribution in [0.2, 0.25) is 0 Å². The van der Waals surface area contributed by atoms with Crippen LogP contribution in [0.5, 0.6) is 0 Å². The molecule has 1 amide bonds. The molecule has 0 unspecified atom stereocenters. The van der Waals surface area contributed by atoms with E-state index in [4.69, 9.17) is 4.74 Å². The highest BCUT2D eigenvalue weighted by Gasteiger charge is 2.09. The van der Waals surface area contributed by atoms with Gasteiger partial charge in [0.05, 0.1) is 18.8 Å². The largest absolute Gasteiger partial charge is 0.383 e. The first-order chi connectivity index (χ1) is 13.7. The molecule has 0 fully saturated rings. The third-order valence-electron chi connectivity index (χ3n) is 3.88. The number of carbonyl (C=O) groups excluding carboxylic acids is 1. The van der Waals surface area contributed by atoms with Gasteiger partial charge in [-0.1, -0.05) is 18.2 Å². The maximum Gasteiger partial charge on any atom is 0.368 e. The molecule has 0 saturated carbocycles. The number of anilines is 1. The normalized spacial score (nSPS) is 10.8. The molecule has 0 bridgehead atoms. The molecule has 9 heteroatoms. The molecule has 28 heavy (non-hydrogen) atoms. The Kier molecular flexibility index (Phi) is 6.99. The van der Waals surface area contributed by atoms with Crippen LogP contribution < -0.4 is 11.0 Å². The Morgan fingerprint density at radius 1 is 1.11 bits per heavy atom. The summed E-state index contributed by atoms with van der Waals surface area (Å²) in [5, 5.41) is 10.6. The van der Waals surface area contributed by atoms with Gasteiger partial charge in [0.15, 0.2) is 0 Å². The molecular formula is C19H21N5O3S. The van der Waals surface area contributed by atoms with Crippen molar-refractivity contribution < 1.29 is 9.53 Å². The van der Waals surface area contributed by atoms with E-state index in [2.05, 4.69) is 15.7 Å². The number of ether oxygens (including phenoxy) is 1. The van der Waals surface area contributed by atoms with Gasteiger partial charge in [-0.2, -0.15) is 9.36 Å². The number of rotatable bonds is 9. The number of nitrogens with zero attached hydrogens (tertiary/aromatic N) is 4. The van der Waals surface area contributed by atoms with Crippen LogP contribution in [0.4, 0.5) is 5.69 Å². The molecule has 0 aliphatic carbocycles. The van der Waals surface area contributed by atoms with Gasteiger partial charge in [0.2, 0.25) is 5.91 Å². The number of aromatic nitrogens is 4. The van der Waals surface area contributed by atoms with Crippen molar-refractivity contribution in [1.29, 1.82) is 0 Å². The lowest BCUT2D eigenvalue weighted by Gasteiger charge is -2.06. The fourth-order valence-corrected chi connectivity index (χ4v) is 3.31. The lowest BCUT2D eigenvalue weighted by Crippen LogP contribution is -2.25. The molecule has 3 aromatic rings. The van der Waals surface area contributed by atoms with Crippen molar-refractivity contribution in [1.82, 2.24) is 19.8 Å². The summed E-state index contributed by atoms with van der Waals surface area (Å²) in [6, 6.07) is 16.9. The maximum absolute atomic E-state index is 12.2. The average molecular weight is 399 g/mol. The molecule has 8 nitrogen and oxygen atoms in total. The minimum Gasteiger partial charge on any atom is -0.383 e. The maximum atomic E-state index is 12.2. The van der Waals surface area contributed by atoms with E-state index in [0.29, 0.717) is 36.7 Å². The molecule has 0 spiro atoms. The van der Waals surface area contributed by atoms with Crippen molar-refractivity contribution in [3.05, 3.63) is 65.1 Å². The smallest absolute Gasteiger partial charge is 0.368 e. The second kappa shape index (κ2) is 9.86. The highest BCUT2D eigenvalue weighted by atomic mass is 32.2. The van der Waals surface area contributed by atoms with Crippen molar-refractivity contribution in [2.45, 2.75) is 17.9 Å². The van der Waals surface area contributed by atoms with Crippen molar-refractivity contribution >= 4 is 23.4 Å². The zero-order valence-electron chi connectivity index (χ0n) is 15.4. The Bertz CT molecular complexity index is 954. The van der Waals surface area contributed by atoms with Crippen molar-refractivity contribution in [3.8, 4) is 5.69 Å². The van der Waals surface area contributed by atoms with Gasteiger partial charge in [0.25, 0.3) is 0 Å². The molecule has 3 rings (SSSR count). The van der Waals surface area contributed by atoms with E-state index >= 15 is 0 Å². The highest BCUT2D eigenvalue weighted by molar-refractivity contribution is 7.99. The summed E-state index contributed by atoms with van der Waals surface area (Å²) in [6.07, 6.45) is 0.411. The molecule has 1 heterocycles. The summed E-state index contributed by atoms with van der Waals surface area (Å²) < 4.78 is 7.39. The van der Waals surface area contributed by atoms with Crippen molar-refractivity contribution in [2.75, 3.05) is 24.8 Å². The summed E-state index contributed by atoms with van der Waals surface area (Å²) in [4.78, 5) is 25.5. The quantitative estimate of drug-likeness (QED) is 0.555. The van der Waals surface area contributed by atoms with E-state index < -0.39 is 0 Å². The van der Waals surface area contributed by atoms with E-state index in [-0.39, 0.29) is 11.6 Å². The van der Waals surface area contributed by atoms with Gasteiger partial charge in [-0.3, -0.25) is 4.79 Å². The molecule has 0 radical (unpaired) electrons. The van der Waals surface area contributed by atoms with Crippen LogP contribution in [-0.4, -0.2) is 45.2 Å². The number of benzene rings is 2. The second-order valence-electron chi connectivity index (χ2n) is 5.90. The third-order valence-corrected chi connectivity index (χ3v) is 4.90. The zero-order chi connectivity index (χ0) is 19.8. The van der Waals surface area contributed by atoms with Gasteiger partial charge >= 0.3 is 5.69 Å². The molecule has 0 saturated heterocycles. The first kappa shape index (κ1) is 19.8. The molecule has 0 aliphatic heterocycles. The number of hydrogen-bond acceptors (Lipinski definition) is 6. The Labute approximate surface area is 166 Å². The monoisotopic (exact) mass is 399 g/mol. The van der Waals surface area contributed by atoms with Crippen LogP contribution >= 0.6 is 11.8 Å². The van der Waals surface area contributed by atoms with E-state index in [9.17, 15) is 9.59 Å². The molecule has 1 aromatic heterocycles. The molecule has 0 atom stereocenters. The van der Waals surface area contributed by atoms with E-state index in [1.54, 1.807) is 43.1 Å². The van der Waals surface area contributed by atoms with Gasteiger partial charge in [0, 0.05) is 29.9 Å². The van der Waals surface area contributed by atoms with Crippen LogP contribution in [-0.2, 0) is 16.1 Å². The fraction of sp³-hybridized carbons (Fsp3) is 0.263. The predicted molar refractivity (Wildman–Crippen MR) is 108 cm³/mol. The first-order valence-corrected chi connectivity index (χ1v) is 9.76. The molecular weight excluding hydrogens is 378 g/mol. The van der Waals surface area contributed by atoms with Crippen LogP contribution in [0.1, 0.15) is 6.42 Å². The van der Waals surface area contributed by atoms with Gasteiger partial charge in [0.1, 0.15) is 0 Å². The van der Waals surface area contributed by atoms with Crippen LogP contribution in [0, 0.1) is 0 Å². The Balaban J connectivity index is 1.53. The summed E-state index contributed by atoms with van der Waals surface area (Å²) in [6.45, 7) is 0.719. The van der Waals surface area contributed by atoms with Crippen molar-refractivity contribution in [3.63, 3.8) is 0 Å². The van der Waals surface area contributed by atoms with Crippen molar-refractivity contribution in [2.24, 2.45) is 0 Å². The van der Waals surface area contributed by atoms with E-state index in [1.807, 2.05) is 30.3 Å². The first-order valence-electron chi connectivity index (χ1n) is 8.77. The van der Waals surface area contributed by atoms with Crippen LogP contribution in [0.3, 0.4) is 0 Å². The minimum atomic E-state index is -0.341. The Morgan fingerprint density at radius 2 is 1.86 bits per heavy atom. The summed E-state index contributed by atoms with van der Waals surface area (Å²) in [5.41, 5.74) is 0.899. The van der Waals surface area contributed by atoms with Gasteiger partial charge in [-0.05, 0) is 46.8 Å². The molecule has 146 valence electrons. The topological polar surface area (TPSA) is 91.0 Å². The van der Waals surface area contributed by atoms with E-state index in [0.717, 1.165) is 4.90 Å². The third kappa shape index (κ3) is 5.30. The van der Waals surface area contributed by atoms with Gasteiger partial charge in [-0.15, -0.1) is 11.8 Å². The average Bonchev–Trinajstić information content (AvgIpc) is 3.08. The lowest BCUT2D eigenvalue weighted by molar-refractivity contribution is -0.115. The lowest BCUT2D eigenvalue weighted by atomic mass is 10.2. The van der Waals surface area contributed by atoms with Crippen LogP contribution in [0.15, 0.2) is 64.3 Å². The summed E-state index contributed by atoms with van der Waals surface area (Å²) >= 11 is 1.64. The second-order valence-corrected chi connectivity index (χ2v) is 7.06. The number of carbonyl (C=O) groups is 1. The van der Waals surface area contributed by atoms with Gasteiger partial charge in [-0.25, -0.2) is 4.79 Å². The van der Waals surface area contributed by atoms with Crippen LogP contribution in [0.25, 0.3) is 5.69 Å². The minimum absolute atomic E-state index is 0.0566. The number of hydrogen-bond donors (Lipinski definition) is 1. The molecule has 2 aromatic carbocycles. The highest BCUT2D eigenvalue weighted by Crippen LogP contribution is 2.18. The summed E-state index contributed by atoms with van der Waals surface area (Å²) in [7, 11) is 1.56. The Morgan fingerprint density at radius 3 is 2.57 bits per heavy atom. The Hall–Kier alpha value is -2.91. The number of methoxy groups -OCH3 is 1. The number of tetrazole rings is 1. The van der Waals surface area contributed by atoms with Gasteiger partial charge < -0.3 is 10.1 Å². The zero-order valence-corrected chi connectivity index (χ0v) is 16.3. The number of nitrogens with one attached hydrogen (secondary N) is 1.